The minimum atomic E-state index is -1.63. The molecule has 4 atom stereocenters. The van der Waals surface area contributed by atoms with Crippen LogP contribution in [0.4, 0.5) is 5.82 Å². The number of aryl methyl sites for hydroxylation is 1. The molecule has 4 unspecified atom stereocenters. The molecule has 0 aliphatic heterocycles. The summed E-state index contributed by atoms with van der Waals surface area (Å²) in [6.45, 7) is 2.45. The van der Waals surface area contributed by atoms with Crippen LogP contribution in [0.3, 0.4) is 0 Å². The molecule has 0 bridgehead atoms. The molecule has 2 rings (SSSR count). The van der Waals surface area contributed by atoms with Crippen LogP contribution in [0.2, 0.25) is 0 Å². The number of aromatic nitrogens is 3. The number of hydrogen-bond acceptors (Lipinski definition) is 10. The van der Waals surface area contributed by atoms with Gasteiger partial charge >= 0.3 is 0 Å². The van der Waals surface area contributed by atoms with Gasteiger partial charge in [0, 0.05) is 40.5 Å². The van der Waals surface area contributed by atoms with E-state index in [1.165, 1.54) is 4.90 Å². The monoisotopic (exact) mass is 390 g/mol. The molecule has 0 saturated heterocycles. The normalized spacial score (nSPS) is 31.2. The number of likely N-dealkylation sites (N-methyl/N-ethyl adjacent to an activating group) is 1. The number of methoxy groups -OCH3 is 1. The van der Waals surface area contributed by atoms with Crippen molar-refractivity contribution in [3.05, 3.63) is 6.20 Å². The lowest BCUT2D eigenvalue weighted by molar-refractivity contribution is -0.185. The van der Waals surface area contributed by atoms with E-state index in [0.717, 1.165) is 12.8 Å². The molecule has 1 aromatic heterocycles. The van der Waals surface area contributed by atoms with E-state index in [1.54, 1.807) is 25.0 Å². The Balaban J connectivity index is 1.87. The summed E-state index contributed by atoms with van der Waals surface area (Å²) in [5.41, 5.74) is 0. The van der Waals surface area contributed by atoms with Gasteiger partial charge in [-0.05, 0) is 12.8 Å². The Hall–Kier alpha value is -1.34. The lowest BCUT2D eigenvalue weighted by atomic mass is 9.82. The molecule has 0 amide bonds. The highest BCUT2D eigenvalue weighted by Gasteiger charge is 2.50. The number of hydrogen-bond donors (Lipinski definition) is 5. The summed E-state index contributed by atoms with van der Waals surface area (Å²) in [5, 5.41) is 57.8. The number of aliphatic hydroxyl groups excluding tert-OH is 5. The van der Waals surface area contributed by atoms with Crippen LogP contribution in [0.1, 0.15) is 12.8 Å². The maximum absolute atomic E-state index is 10.2. The quantitative estimate of drug-likeness (QED) is 0.268. The van der Waals surface area contributed by atoms with E-state index in [4.69, 9.17) is 9.47 Å². The summed E-state index contributed by atoms with van der Waals surface area (Å²) in [6.07, 6.45) is -4.51. The fraction of sp³-hybridized carbons (Fsp3) is 0.875. The SMILES string of the molecule is COCCCOCCCn1cc(N(C)C2C(O)C(O)C(O)C(O)C2O)nn1. The van der Waals surface area contributed by atoms with Gasteiger partial charge in [0.2, 0.25) is 0 Å². The summed E-state index contributed by atoms with van der Waals surface area (Å²) in [6, 6.07) is -1.05. The van der Waals surface area contributed by atoms with Crippen molar-refractivity contribution in [2.75, 3.05) is 38.9 Å². The Labute approximate surface area is 157 Å². The first-order chi connectivity index (χ1) is 12.9. The zero-order chi connectivity index (χ0) is 20.0. The van der Waals surface area contributed by atoms with E-state index in [9.17, 15) is 25.5 Å². The van der Waals surface area contributed by atoms with Crippen molar-refractivity contribution in [2.24, 2.45) is 0 Å². The van der Waals surface area contributed by atoms with Gasteiger partial charge in [0.1, 0.15) is 30.5 Å². The van der Waals surface area contributed by atoms with Crippen molar-refractivity contribution in [3.8, 4) is 0 Å². The molecular formula is C16H30N4O7. The second-order valence-corrected chi connectivity index (χ2v) is 6.71. The van der Waals surface area contributed by atoms with E-state index >= 15 is 0 Å². The van der Waals surface area contributed by atoms with E-state index in [0.29, 0.717) is 32.2 Å². The molecule has 156 valence electrons. The summed E-state index contributed by atoms with van der Waals surface area (Å²) in [7, 11) is 3.20. The molecule has 0 radical (unpaired) electrons. The second-order valence-electron chi connectivity index (χ2n) is 6.71. The largest absolute Gasteiger partial charge is 0.388 e. The third kappa shape index (κ3) is 5.35. The first-order valence-electron chi connectivity index (χ1n) is 8.98. The lowest BCUT2D eigenvalue weighted by Gasteiger charge is -2.45. The molecule has 1 saturated carbocycles. The molecule has 11 nitrogen and oxygen atoms in total. The maximum Gasteiger partial charge on any atom is 0.171 e. The van der Waals surface area contributed by atoms with E-state index in [2.05, 4.69) is 10.3 Å². The first kappa shape index (κ1) is 22.0. The van der Waals surface area contributed by atoms with E-state index < -0.39 is 36.6 Å². The summed E-state index contributed by atoms with van der Waals surface area (Å²) < 4.78 is 12.0. The summed E-state index contributed by atoms with van der Waals surface area (Å²) in [4.78, 5) is 1.43. The Morgan fingerprint density at radius 1 is 0.963 bits per heavy atom. The maximum atomic E-state index is 10.2. The van der Waals surface area contributed by atoms with Gasteiger partial charge in [-0.15, -0.1) is 5.10 Å². The molecule has 11 heteroatoms. The molecular weight excluding hydrogens is 360 g/mol. The van der Waals surface area contributed by atoms with Crippen molar-refractivity contribution in [1.82, 2.24) is 15.0 Å². The number of anilines is 1. The molecule has 0 spiro atoms. The third-order valence-corrected chi connectivity index (χ3v) is 4.75. The van der Waals surface area contributed by atoms with E-state index in [-0.39, 0.29) is 0 Å². The molecule has 5 N–H and O–H groups in total. The highest BCUT2D eigenvalue weighted by atomic mass is 16.5. The van der Waals surface area contributed by atoms with Crippen LogP contribution >= 0.6 is 0 Å². The van der Waals surface area contributed by atoms with Gasteiger partial charge in [-0.1, -0.05) is 5.21 Å². The molecule has 0 aromatic carbocycles. The number of aliphatic hydroxyl groups is 5. The van der Waals surface area contributed by atoms with Crippen molar-refractivity contribution in [2.45, 2.75) is 55.9 Å². The van der Waals surface area contributed by atoms with Crippen LogP contribution in [0.25, 0.3) is 0 Å². The second kappa shape index (κ2) is 10.3. The molecule has 1 aliphatic rings. The Bertz CT molecular complexity index is 545. The number of nitrogens with zero attached hydrogens (tertiary/aromatic N) is 4. The fourth-order valence-electron chi connectivity index (χ4n) is 3.12. The smallest absolute Gasteiger partial charge is 0.171 e. The molecule has 27 heavy (non-hydrogen) atoms. The molecule has 1 fully saturated rings. The Morgan fingerprint density at radius 2 is 1.56 bits per heavy atom. The minimum Gasteiger partial charge on any atom is -0.388 e. The summed E-state index contributed by atoms with van der Waals surface area (Å²) in [5.74, 6) is 0.356. The van der Waals surface area contributed by atoms with Crippen LogP contribution in [-0.2, 0) is 16.0 Å². The van der Waals surface area contributed by atoms with Gasteiger partial charge in [-0.25, -0.2) is 0 Å². The predicted molar refractivity (Wildman–Crippen MR) is 94.2 cm³/mol. The average Bonchev–Trinajstić information content (AvgIpc) is 3.13. The topological polar surface area (TPSA) is 154 Å². The first-order valence-corrected chi connectivity index (χ1v) is 8.98. The Kier molecular flexibility index (Phi) is 8.35. The number of ether oxygens (including phenoxy) is 2. The average molecular weight is 390 g/mol. The van der Waals surface area contributed by atoms with Gasteiger partial charge in [0.05, 0.1) is 12.2 Å². The van der Waals surface area contributed by atoms with Gasteiger partial charge in [0.15, 0.2) is 5.82 Å². The molecule has 1 aromatic rings. The third-order valence-electron chi connectivity index (χ3n) is 4.75. The van der Waals surface area contributed by atoms with Gasteiger partial charge < -0.3 is 39.9 Å². The van der Waals surface area contributed by atoms with Crippen molar-refractivity contribution in [3.63, 3.8) is 0 Å². The predicted octanol–water partition coefficient (Wildman–Crippen LogP) is -2.66. The fourth-order valence-corrected chi connectivity index (χ4v) is 3.12. The molecule has 1 aliphatic carbocycles. The lowest BCUT2D eigenvalue weighted by Crippen LogP contribution is -2.68. The minimum absolute atomic E-state index is 0.356. The zero-order valence-corrected chi connectivity index (χ0v) is 15.6. The van der Waals surface area contributed by atoms with E-state index in [1.807, 2.05) is 0 Å². The number of rotatable bonds is 10. The summed E-state index contributed by atoms with van der Waals surface area (Å²) >= 11 is 0. The van der Waals surface area contributed by atoms with Crippen LogP contribution in [0.15, 0.2) is 6.20 Å². The highest BCUT2D eigenvalue weighted by molar-refractivity contribution is 5.37. The molecule has 1 heterocycles. The standard InChI is InChI=1S/C16H30N4O7/c1-19(11-12(21)14(23)16(25)15(24)13(11)22)10-9-20(18-17-10)5-3-7-27-8-4-6-26-2/h9,11-16,21-25H,3-8H2,1-2H3. The van der Waals surface area contributed by atoms with Crippen molar-refractivity contribution in [1.29, 1.82) is 0 Å². The van der Waals surface area contributed by atoms with Crippen LogP contribution < -0.4 is 4.90 Å². The Morgan fingerprint density at radius 3 is 2.19 bits per heavy atom. The van der Waals surface area contributed by atoms with Crippen molar-refractivity contribution < 1.29 is 35.0 Å². The van der Waals surface area contributed by atoms with Gasteiger partial charge in [-0.2, -0.15) is 0 Å². The zero-order valence-electron chi connectivity index (χ0n) is 15.6. The van der Waals surface area contributed by atoms with Crippen LogP contribution in [-0.4, -0.2) is 111 Å². The highest BCUT2D eigenvalue weighted by Crippen LogP contribution is 2.27. The van der Waals surface area contributed by atoms with Crippen LogP contribution in [0, 0.1) is 0 Å². The van der Waals surface area contributed by atoms with Crippen LogP contribution in [0.5, 0.6) is 0 Å². The van der Waals surface area contributed by atoms with Crippen molar-refractivity contribution >= 4 is 5.82 Å². The van der Waals surface area contributed by atoms with Gasteiger partial charge in [0.25, 0.3) is 0 Å². The van der Waals surface area contributed by atoms with Gasteiger partial charge in [-0.3, -0.25) is 4.68 Å².